The average Bonchev–Trinajstić information content (AvgIpc) is 3.03. The van der Waals surface area contributed by atoms with Gasteiger partial charge in [0.2, 0.25) is 0 Å². The molecule has 0 atom stereocenters. The van der Waals surface area contributed by atoms with Crippen LogP contribution >= 0.6 is 0 Å². The van der Waals surface area contributed by atoms with Crippen LogP contribution in [0.25, 0.3) is 0 Å². The highest BCUT2D eigenvalue weighted by atomic mass is 16.5. The van der Waals surface area contributed by atoms with Crippen molar-refractivity contribution in [2.24, 2.45) is 0 Å². The number of carbonyl (C=O) groups is 2. The van der Waals surface area contributed by atoms with Crippen molar-refractivity contribution in [3.63, 3.8) is 0 Å². The zero-order valence-corrected chi connectivity index (χ0v) is 14.8. The Labute approximate surface area is 151 Å². The van der Waals surface area contributed by atoms with Crippen LogP contribution in [0.15, 0.2) is 53.1 Å². The highest BCUT2D eigenvalue weighted by Crippen LogP contribution is 2.18. The van der Waals surface area contributed by atoms with Crippen molar-refractivity contribution in [2.75, 3.05) is 10.6 Å². The number of amides is 2. The summed E-state index contributed by atoms with van der Waals surface area (Å²) < 4.78 is 4.92. The van der Waals surface area contributed by atoms with E-state index in [1.807, 2.05) is 32.0 Å². The molecular weight excluding hydrogens is 330 g/mol. The van der Waals surface area contributed by atoms with Gasteiger partial charge in [0.05, 0.1) is 0 Å². The predicted molar refractivity (Wildman–Crippen MR) is 99.5 cm³/mol. The largest absolute Gasteiger partial charge is 0.360 e. The minimum Gasteiger partial charge on any atom is -0.360 e. The van der Waals surface area contributed by atoms with Gasteiger partial charge in [-0.1, -0.05) is 23.4 Å². The lowest BCUT2D eigenvalue weighted by Crippen LogP contribution is -2.16. The van der Waals surface area contributed by atoms with Crippen molar-refractivity contribution in [1.82, 2.24) is 5.16 Å². The standard InChI is InChI=1S/C20H19N3O3/c1-12-7-8-13(2)17(9-12)21-19(24)15-5-4-6-16(11-15)20(25)22-18-10-14(3)26-23-18/h4-11H,1-3H3,(H,21,24)(H,22,23,25). The van der Waals surface area contributed by atoms with Crippen LogP contribution in [0.2, 0.25) is 0 Å². The molecule has 6 heteroatoms. The second-order valence-corrected chi connectivity index (χ2v) is 6.13. The van der Waals surface area contributed by atoms with E-state index in [2.05, 4.69) is 15.8 Å². The molecule has 0 spiro atoms. The Morgan fingerprint density at radius 2 is 1.58 bits per heavy atom. The Kier molecular flexibility index (Phi) is 4.84. The molecule has 26 heavy (non-hydrogen) atoms. The van der Waals surface area contributed by atoms with Gasteiger partial charge in [-0.25, -0.2) is 0 Å². The maximum absolute atomic E-state index is 12.5. The van der Waals surface area contributed by atoms with Gasteiger partial charge in [0.25, 0.3) is 11.8 Å². The van der Waals surface area contributed by atoms with E-state index in [1.165, 1.54) is 0 Å². The van der Waals surface area contributed by atoms with E-state index in [0.29, 0.717) is 22.7 Å². The minimum atomic E-state index is -0.361. The number of nitrogens with zero attached hydrogens (tertiary/aromatic N) is 1. The van der Waals surface area contributed by atoms with E-state index in [4.69, 9.17) is 4.52 Å². The van der Waals surface area contributed by atoms with Crippen molar-refractivity contribution in [3.8, 4) is 0 Å². The maximum atomic E-state index is 12.5. The van der Waals surface area contributed by atoms with Crippen molar-refractivity contribution < 1.29 is 14.1 Å². The van der Waals surface area contributed by atoms with E-state index < -0.39 is 0 Å². The number of hydrogen-bond acceptors (Lipinski definition) is 4. The molecule has 0 saturated carbocycles. The quantitative estimate of drug-likeness (QED) is 0.742. The molecule has 2 N–H and O–H groups in total. The van der Waals surface area contributed by atoms with Gasteiger partial charge in [0, 0.05) is 22.9 Å². The number of aromatic nitrogens is 1. The normalized spacial score (nSPS) is 10.4. The molecule has 2 aromatic carbocycles. The van der Waals surface area contributed by atoms with E-state index in [1.54, 1.807) is 37.3 Å². The molecule has 1 heterocycles. The molecule has 0 fully saturated rings. The Morgan fingerprint density at radius 3 is 2.23 bits per heavy atom. The highest BCUT2D eigenvalue weighted by molar-refractivity contribution is 6.08. The van der Waals surface area contributed by atoms with Gasteiger partial charge in [-0.15, -0.1) is 0 Å². The van der Waals surface area contributed by atoms with Crippen LogP contribution in [0, 0.1) is 20.8 Å². The zero-order chi connectivity index (χ0) is 18.7. The summed E-state index contributed by atoms with van der Waals surface area (Å²) in [6.45, 7) is 5.63. The molecule has 3 aromatic rings. The Balaban J connectivity index is 1.76. The van der Waals surface area contributed by atoms with Crippen LogP contribution in [-0.4, -0.2) is 17.0 Å². The number of carbonyl (C=O) groups excluding carboxylic acids is 2. The molecule has 6 nitrogen and oxygen atoms in total. The monoisotopic (exact) mass is 349 g/mol. The first-order valence-corrected chi connectivity index (χ1v) is 8.16. The smallest absolute Gasteiger partial charge is 0.256 e. The molecule has 0 unspecified atom stereocenters. The summed E-state index contributed by atoms with van der Waals surface area (Å²) in [5, 5.41) is 9.25. The first-order valence-electron chi connectivity index (χ1n) is 8.16. The molecule has 0 saturated heterocycles. The molecule has 2 amide bonds. The average molecular weight is 349 g/mol. The van der Waals surface area contributed by atoms with Gasteiger partial charge >= 0.3 is 0 Å². The summed E-state index contributed by atoms with van der Waals surface area (Å²) in [6.07, 6.45) is 0. The van der Waals surface area contributed by atoms with Crippen LogP contribution < -0.4 is 10.6 Å². The van der Waals surface area contributed by atoms with Gasteiger partial charge in [-0.2, -0.15) is 0 Å². The fraction of sp³-hybridized carbons (Fsp3) is 0.150. The summed E-state index contributed by atoms with van der Waals surface area (Å²) in [5.41, 5.74) is 3.54. The fourth-order valence-corrected chi connectivity index (χ4v) is 2.48. The number of anilines is 2. The molecule has 132 valence electrons. The van der Waals surface area contributed by atoms with Crippen molar-refractivity contribution in [1.29, 1.82) is 0 Å². The Morgan fingerprint density at radius 1 is 0.885 bits per heavy atom. The predicted octanol–water partition coefficient (Wildman–Crippen LogP) is 4.10. The van der Waals surface area contributed by atoms with Crippen LogP contribution in [0.3, 0.4) is 0 Å². The number of aryl methyl sites for hydroxylation is 3. The van der Waals surface area contributed by atoms with E-state index in [-0.39, 0.29) is 11.8 Å². The summed E-state index contributed by atoms with van der Waals surface area (Å²) >= 11 is 0. The Hall–Kier alpha value is -3.41. The first kappa shape index (κ1) is 17.4. The lowest BCUT2D eigenvalue weighted by molar-refractivity contribution is 0.102. The third-order valence-corrected chi connectivity index (χ3v) is 3.90. The number of benzene rings is 2. The summed E-state index contributed by atoms with van der Waals surface area (Å²) in [4.78, 5) is 24.9. The third kappa shape index (κ3) is 3.97. The topological polar surface area (TPSA) is 84.2 Å². The van der Waals surface area contributed by atoms with E-state index in [0.717, 1.165) is 16.8 Å². The Bertz CT molecular complexity index is 976. The van der Waals surface area contributed by atoms with Crippen molar-refractivity contribution >= 4 is 23.3 Å². The second kappa shape index (κ2) is 7.23. The highest BCUT2D eigenvalue weighted by Gasteiger charge is 2.13. The van der Waals surface area contributed by atoms with E-state index >= 15 is 0 Å². The van der Waals surface area contributed by atoms with Gasteiger partial charge in [0.1, 0.15) is 5.76 Å². The van der Waals surface area contributed by atoms with Gasteiger partial charge in [0.15, 0.2) is 5.82 Å². The van der Waals surface area contributed by atoms with Gasteiger partial charge < -0.3 is 15.2 Å². The number of nitrogens with one attached hydrogen (secondary N) is 2. The maximum Gasteiger partial charge on any atom is 0.256 e. The first-order chi connectivity index (χ1) is 12.4. The molecule has 0 aliphatic heterocycles. The van der Waals surface area contributed by atoms with Gasteiger partial charge in [-0.05, 0) is 56.2 Å². The molecule has 0 aliphatic carbocycles. The fourth-order valence-electron chi connectivity index (χ4n) is 2.48. The summed E-state index contributed by atoms with van der Waals surface area (Å²) in [7, 11) is 0. The number of hydrogen-bond donors (Lipinski definition) is 2. The third-order valence-electron chi connectivity index (χ3n) is 3.90. The molecule has 0 aliphatic rings. The van der Waals surface area contributed by atoms with Gasteiger partial charge in [-0.3, -0.25) is 9.59 Å². The molecular formula is C20H19N3O3. The molecule has 0 bridgehead atoms. The van der Waals surface area contributed by atoms with Crippen molar-refractivity contribution in [3.05, 3.63) is 76.5 Å². The van der Waals surface area contributed by atoms with Crippen LogP contribution in [-0.2, 0) is 0 Å². The summed E-state index contributed by atoms with van der Waals surface area (Å²) in [6, 6.07) is 14.0. The molecule has 1 aromatic heterocycles. The van der Waals surface area contributed by atoms with Crippen LogP contribution in [0.1, 0.15) is 37.6 Å². The SMILES string of the molecule is Cc1ccc(C)c(NC(=O)c2cccc(C(=O)Nc3cc(C)on3)c2)c1. The molecule has 3 rings (SSSR count). The lowest BCUT2D eigenvalue weighted by atomic mass is 10.1. The van der Waals surface area contributed by atoms with E-state index in [9.17, 15) is 9.59 Å². The number of rotatable bonds is 4. The zero-order valence-electron chi connectivity index (χ0n) is 14.8. The van der Waals surface area contributed by atoms with Crippen molar-refractivity contribution in [2.45, 2.75) is 20.8 Å². The van der Waals surface area contributed by atoms with Crippen LogP contribution in [0.4, 0.5) is 11.5 Å². The summed E-state index contributed by atoms with van der Waals surface area (Å²) in [5.74, 6) is 0.296. The minimum absolute atomic E-state index is 0.273. The lowest BCUT2D eigenvalue weighted by Gasteiger charge is -2.10. The molecule has 0 radical (unpaired) electrons. The second-order valence-electron chi connectivity index (χ2n) is 6.13. The van der Waals surface area contributed by atoms with Crippen LogP contribution in [0.5, 0.6) is 0 Å².